The lowest BCUT2D eigenvalue weighted by atomic mass is 10.2. The fraction of sp³-hybridized carbons (Fsp3) is 0. The van der Waals surface area contributed by atoms with Crippen LogP contribution in [0.2, 0.25) is 5.02 Å². The molecule has 0 radical (unpaired) electrons. The summed E-state index contributed by atoms with van der Waals surface area (Å²) in [6, 6.07) is 5.26. The Morgan fingerprint density at radius 2 is 2.35 bits per heavy atom. The molecule has 0 bridgehead atoms. The first kappa shape index (κ1) is 12.2. The Kier molecular flexibility index (Phi) is 3.82. The monoisotopic (exact) mass is 286 g/mol. The number of amidine groups is 1. The van der Waals surface area contributed by atoms with Gasteiger partial charge in [-0.25, -0.2) is 4.98 Å². The summed E-state index contributed by atoms with van der Waals surface area (Å²) < 4.78 is 4.74. The lowest BCUT2D eigenvalue weighted by Crippen LogP contribution is -2.13. The van der Waals surface area contributed by atoms with E-state index >= 15 is 0 Å². The van der Waals surface area contributed by atoms with Gasteiger partial charge in [-0.2, -0.15) is 4.37 Å². The van der Waals surface area contributed by atoms with E-state index in [1.165, 1.54) is 29.6 Å². The lowest BCUT2D eigenvalue weighted by Gasteiger charge is -2.04. The van der Waals surface area contributed by atoms with Gasteiger partial charge in [-0.1, -0.05) is 28.5 Å². The number of hydrogen-bond acceptors (Lipinski definition) is 6. The zero-order valence-corrected chi connectivity index (χ0v) is 10.8. The van der Waals surface area contributed by atoms with Crippen LogP contribution >= 0.6 is 34.9 Å². The fourth-order valence-electron chi connectivity index (χ4n) is 1.13. The van der Waals surface area contributed by atoms with Gasteiger partial charge < -0.3 is 10.9 Å². The molecule has 0 unspecified atom stereocenters. The van der Waals surface area contributed by atoms with Crippen molar-refractivity contribution in [3.63, 3.8) is 0 Å². The third-order valence-electron chi connectivity index (χ3n) is 1.87. The molecule has 17 heavy (non-hydrogen) atoms. The van der Waals surface area contributed by atoms with Crippen molar-refractivity contribution < 1.29 is 5.21 Å². The first-order valence-corrected chi connectivity index (χ1v) is 6.39. The lowest BCUT2D eigenvalue weighted by molar-refractivity contribution is 0.318. The van der Waals surface area contributed by atoms with Gasteiger partial charge in [0.2, 0.25) is 0 Å². The number of aromatic nitrogens is 2. The summed E-state index contributed by atoms with van der Waals surface area (Å²) in [7, 11) is 0. The molecule has 0 amide bonds. The first-order chi connectivity index (χ1) is 8.20. The molecule has 0 aliphatic carbocycles. The molecule has 3 N–H and O–H groups in total. The second kappa shape index (κ2) is 5.35. The normalized spacial score (nSPS) is 11.7. The van der Waals surface area contributed by atoms with Gasteiger partial charge >= 0.3 is 0 Å². The molecule has 2 rings (SSSR count). The van der Waals surface area contributed by atoms with E-state index in [1.807, 2.05) is 6.07 Å². The summed E-state index contributed by atoms with van der Waals surface area (Å²) in [5.41, 5.74) is 5.97. The van der Waals surface area contributed by atoms with Crippen LogP contribution in [0, 0.1) is 0 Å². The Bertz CT molecular complexity index is 544. The molecule has 0 saturated carbocycles. The molecule has 88 valence electrons. The van der Waals surface area contributed by atoms with E-state index in [4.69, 9.17) is 22.5 Å². The SMILES string of the molecule is NC(=NO)c1ccc(Sc2ncns2)cc1Cl. The maximum atomic E-state index is 8.57. The van der Waals surface area contributed by atoms with Crippen molar-refractivity contribution in [2.75, 3.05) is 0 Å². The zero-order chi connectivity index (χ0) is 12.3. The van der Waals surface area contributed by atoms with Crippen LogP contribution in [-0.4, -0.2) is 20.4 Å². The van der Waals surface area contributed by atoms with E-state index in [1.54, 1.807) is 12.1 Å². The van der Waals surface area contributed by atoms with Crippen molar-refractivity contribution in [1.82, 2.24) is 9.36 Å². The minimum Gasteiger partial charge on any atom is -0.409 e. The largest absolute Gasteiger partial charge is 0.409 e. The topological polar surface area (TPSA) is 84.4 Å². The predicted molar refractivity (Wildman–Crippen MR) is 68.0 cm³/mol. The standard InChI is InChI=1S/C9H7ClN4OS2/c10-7-3-5(16-9-12-4-13-17-9)1-2-6(7)8(11)14-15/h1-4,15H,(H2,11,14). The number of halogens is 1. The summed E-state index contributed by atoms with van der Waals surface area (Å²) in [5, 5.41) is 11.9. The van der Waals surface area contributed by atoms with Crippen LogP contribution in [0.25, 0.3) is 0 Å². The molecule has 5 nitrogen and oxygen atoms in total. The molecule has 1 aromatic carbocycles. The molecule has 0 spiro atoms. The van der Waals surface area contributed by atoms with Crippen molar-refractivity contribution in [3.05, 3.63) is 35.1 Å². The van der Waals surface area contributed by atoms with Crippen LogP contribution in [0.4, 0.5) is 0 Å². The van der Waals surface area contributed by atoms with Crippen LogP contribution < -0.4 is 5.73 Å². The van der Waals surface area contributed by atoms with Crippen molar-refractivity contribution >= 4 is 40.7 Å². The molecule has 8 heteroatoms. The third kappa shape index (κ3) is 2.87. The average Bonchev–Trinajstić information content (AvgIpc) is 2.81. The highest BCUT2D eigenvalue weighted by molar-refractivity contribution is 8.01. The van der Waals surface area contributed by atoms with Gasteiger partial charge in [0.15, 0.2) is 10.2 Å². The summed E-state index contributed by atoms with van der Waals surface area (Å²) in [4.78, 5) is 4.97. The molecule has 0 saturated heterocycles. The Morgan fingerprint density at radius 3 is 2.94 bits per heavy atom. The highest BCUT2D eigenvalue weighted by Crippen LogP contribution is 2.31. The van der Waals surface area contributed by atoms with Crippen molar-refractivity contribution in [1.29, 1.82) is 0 Å². The van der Waals surface area contributed by atoms with Crippen LogP contribution in [0.3, 0.4) is 0 Å². The summed E-state index contributed by atoms with van der Waals surface area (Å²) >= 11 is 8.79. The predicted octanol–water partition coefficient (Wildman–Crippen LogP) is 2.44. The zero-order valence-electron chi connectivity index (χ0n) is 8.37. The Morgan fingerprint density at radius 1 is 1.53 bits per heavy atom. The van der Waals surface area contributed by atoms with E-state index in [0.29, 0.717) is 10.6 Å². The van der Waals surface area contributed by atoms with Gasteiger partial charge in [0.05, 0.1) is 5.02 Å². The number of nitrogens with zero attached hydrogens (tertiary/aromatic N) is 3. The van der Waals surface area contributed by atoms with Gasteiger partial charge in [0.1, 0.15) is 6.33 Å². The number of oxime groups is 1. The van der Waals surface area contributed by atoms with E-state index in [2.05, 4.69) is 14.5 Å². The van der Waals surface area contributed by atoms with Gasteiger partial charge in [-0.05, 0) is 29.7 Å². The first-order valence-electron chi connectivity index (χ1n) is 4.42. The minimum atomic E-state index is -0.0116. The van der Waals surface area contributed by atoms with Gasteiger partial charge in [0, 0.05) is 10.5 Å². The maximum Gasteiger partial charge on any atom is 0.174 e. The molecule has 1 aromatic heterocycles. The second-order valence-corrected chi connectivity index (χ2v) is 5.44. The molecule has 2 aromatic rings. The molecular formula is C9H7ClN4OS2. The maximum absolute atomic E-state index is 8.57. The smallest absolute Gasteiger partial charge is 0.174 e. The highest BCUT2D eigenvalue weighted by Gasteiger charge is 2.08. The summed E-state index contributed by atoms with van der Waals surface area (Å²) in [6.07, 6.45) is 1.50. The fourth-order valence-corrected chi connectivity index (χ4v) is 2.93. The Hall–Kier alpha value is -1.31. The van der Waals surface area contributed by atoms with Crippen LogP contribution in [0.15, 0.2) is 38.9 Å². The van der Waals surface area contributed by atoms with E-state index in [9.17, 15) is 0 Å². The van der Waals surface area contributed by atoms with Crippen LogP contribution in [0.5, 0.6) is 0 Å². The quantitative estimate of drug-likeness (QED) is 0.392. The van der Waals surface area contributed by atoms with Crippen molar-refractivity contribution in [3.8, 4) is 0 Å². The Labute approximate surface area is 110 Å². The average molecular weight is 287 g/mol. The molecular weight excluding hydrogens is 280 g/mol. The van der Waals surface area contributed by atoms with Gasteiger partial charge in [-0.3, -0.25) is 0 Å². The number of rotatable bonds is 3. The van der Waals surface area contributed by atoms with E-state index in [-0.39, 0.29) is 5.84 Å². The molecule has 0 atom stereocenters. The van der Waals surface area contributed by atoms with Crippen molar-refractivity contribution in [2.24, 2.45) is 10.9 Å². The van der Waals surface area contributed by atoms with Crippen molar-refractivity contribution in [2.45, 2.75) is 9.24 Å². The van der Waals surface area contributed by atoms with Gasteiger partial charge in [-0.15, -0.1) is 0 Å². The Balaban J connectivity index is 2.25. The third-order valence-corrected chi connectivity index (χ3v) is 3.89. The number of nitrogens with two attached hydrogens (primary N) is 1. The number of hydrogen-bond donors (Lipinski definition) is 2. The van der Waals surface area contributed by atoms with E-state index < -0.39 is 0 Å². The molecule has 0 aliphatic heterocycles. The molecule has 1 heterocycles. The number of benzene rings is 1. The van der Waals surface area contributed by atoms with Crippen LogP contribution in [0.1, 0.15) is 5.56 Å². The van der Waals surface area contributed by atoms with Gasteiger partial charge in [0.25, 0.3) is 0 Å². The minimum absolute atomic E-state index is 0.0116. The molecule has 0 fully saturated rings. The summed E-state index contributed by atoms with van der Waals surface area (Å²) in [6.45, 7) is 0. The second-order valence-electron chi connectivity index (χ2n) is 2.94. The van der Waals surface area contributed by atoms with E-state index in [0.717, 1.165) is 9.24 Å². The summed E-state index contributed by atoms with van der Waals surface area (Å²) in [5.74, 6) is -0.0116. The molecule has 0 aliphatic rings. The highest BCUT2D eigenvalue weighted by atomic mass is 35.5. The van der Waals surface area contributed by atoms with Crippen LogP contribution in [-0.2, 0) is 0 Å².